The maximum atomic E-state index is 12.1. The van der Waals surface area contributed by atoms with E-state index in [1.807, 2.05) is 18.4 Å². The molecule has 0 saturated carbocycles. The van der Waals surface area contributed by atoms with E-state index in [-0.39, 0.29) is 16.5 Å². The summed E-state index contributed by atoms with van der Waals surface area (Å²) in [5.74, 6) is 0. The molecule has 0 aliphatic carbocycles. The summed E-state index contributed by atoms with van der Waals surface area (Å²) >= 11 is 7.41. The molecular weight excluding hydrogens is 304 g/mol. The zero-order valence-electron chi connectivity index (χ0n) is 10.3. The van der Waals surface area contributed by atoms with Crippen LogP contribution in [0.2, 0.25) is 5.02 Å². The Labute approximate surface area is 121 Å². The van der Waals surface area contributed by atoms with Crippen molar-refractivity contribution in [3.8, 4) is 0 Å². The molecule has 1 N–H and O–H groups in total. The molecular formula is C12H13ClN2O2S2. The predicted molar refractivity (Wildman–Crippen MR) is 77.0 cm³/mol. The minimum absolute atomic E-state index is 0.00581. The van der Waals surface area contributed by atoms with Gasteiger partial charge in [-0.05, 0) is 29.5 Å². The molecule has 0 aromatic carbocycles. The third-order valence-corrected chi connectivity index (χ3v) is 5.50. The summed E-state index contributed by atoms with van der Waals surface area (Å²) in [6.45, 7) is 2.31. The van der Waals surface area contributed by atoms with Gasteiger partial charge in [-0.15, -0.1) is 11.3 Å². The van der Waals surface area contributed by atoms with E-state index >= 15 is 0 Å². The summed E-state index contributed by atoms with van der Waals surface area (Å²) in [5.41, 5.74) is 1.16. The van der Waals surface area contributed by atoms with Gasteiger partial charge >= 0.3 is 0 Å². The number of hydrogen-bond acceptors (Lipinski definition) is 4. The Hall–Kier alpha value is -0.950. The molecule has 2 aromatic rings. The number of nitrogens with zero attached hydrogens (tertiary/aromatic N) is 1. The summed E-state index contributed by atoms with van der Waals surface area (Å²) in [4.78, 5) is 4.81. The molecule has 0 spiro atoms. The molecule has 0 bridgehead atoms. The van der Waals surface area contributed by atoms with E-state index in [0.717, 1.165) is 16.9 Å². The van der Waals surface area contributed by atoms with Crippen LogP contribution in [-0.4, -0.2) is 13.4 Å². The van der Waals surface area contributed by atoms with Crippen LogP contribution in [0.4, 0.5) is 0 Å². The number of aryl methyl sites for hydroxylation is 1. The number of aromatic nitrogens is 1. The van der Waals surface area contributed by atoms with Crippen molar-refractivity contribution < 1.29 is 8.42 Å². The fourth-order valence-electron chi connectivity index (χ4n) is 1.64. The molecule has 102 valence electrons. The monoisotopic (exact) mass is 316 g/mol. The highest BCUT2D eigenvalue weighted by atomic mass is 35.5. The fourth-order valence-corrected chi connectivity index (χ4v) is 4.07. The molecule has 7 heteroatoms. The number of sulfonamides is 1. The summed E-state index contributed by atoms with van der Waals surface area (Å²) in [6.07, 6.45) is 3.59. The Balaban J connectivity index is 2.17. The second kappa shape index (κ2) is 6.00. The van der Waals surface area contributed by atoms with Gasteiger partial charge in [0.1, 0.15) is 4.90 Å². The van der Waals surface area contributed by atoms with Crippen LogP contribution >= 0.6 is 22.9 Å². The van der Waals surface area contributed by atoms with Gasteiger partial charge in [-0.25, -0.2) is 13.1 Å². The first kappa shape index (κ1) is 14.5. The molecule has 2 aromatic heterocycles. The Kier molecular flexibility index (Phi) is 4.57. The zero-order chi connectivity index (χ0) is 13.9. The molecule has 0 amide bonds. The van der Waals surface area contributed by atoms with Crippen LogP contribution < -0.4 is 4.72 Å². The van der Waals surface area contributed by atoms with Gasteiger partial charge < -0.3 is 0 Å². The molecule has 0 aliphatic heterocycles. The summed E-state index contributed by atoms with van der Waals surface area (Å²) < 4.78 is 26.8. The Bertz CT molecular complexity index is 668. The summed E-state index contributed by atoms with van der Waals surface area (Å²) in [7, 11) is -3.63. The Morgan fingerprint density at radius 1 is 1.42 bits per heavy atom. The van der Waals surface area contributed by atoms with Crippen LogP contribution in [0.25, 0.3) is 0 Å². The third-order valence-electron chi connectivity index (χ3n) is 2.66. The van der Waals surface area contributed by atoms with Gasteiger partial charge in [0.15, 0.2) is 0 Å². The van der Waals surface area contributed by atoms with Crippen LogP contribution in [-0.2, 0) is 23.0 Å². The molecule has 0 atom stereocenters. The molecule has 2 rings (SSSR count). The van der Waals surface area contributed by atoms with Crippen molar-refractivity contribution >= 4 is 33.0 Å². The van der Waals surface area contributed by atoms with Crippen LogP contribution in [0.1, 0.15) is 17.4 Å². The van der Waals surface area contributed by atoms with Crippen molar-refractivity contribution in [2.75, 3.05) is 0 Å². The maximum Gasteiger partial charge on any atom is 0.243 e. The number of pyridine rings is 1. The standard InChI is InChI=1S/C12H13ClN2O2S2/c1-2-9-4-6-18-11(9)7-15-19(16,17)12-8-14-5-3-10(12)13/h3-6,8,15H,2,7H2,1H3. The van der Waals surface area contributed by atoms with Crippen molar-refractivity contribution in [2.45, 2.75) is 24.8 Å². The molecule has 0 saturated heterocycles. The first-order valence-electron chi connectivity index (χ1n) is 5.69. The molecule has 0 unspecified atom stereocenters. The second-order valence-electron chi connectivity index (χ2n) is 3.85. The largest absolute Gasteiger partial charge is 0.263 e. The lowest BCUT2D eigenvalue weighted by Crippen LogP contribution is -2.23. The Morgan fingerprint density at radius 3 is 2.89 bits per heavy atom. The summed E-state index contributed by atoms with van der Waals surface area (Å²) in [6, 6.07) is 3.46. The van der Waals surface area contributed by atoms with Gasteiger partial charge in [0.25, 0.3) is 0 Å². The van der Waals surface area contributed by atoms with Crippen molar-refractivity contribution in [2.24, 2.45) is 0 Å². The lowest BCUT2D eigenvalue weighted by molar-refractivity contribution is 0.581. The first-order valence-corrected chi connectivity index (χ1v) is 8.43. The minimum atomic E-state index is -3.63. The third kappa shape index (κ3) is 3.33. The van der Waals surface area contributed by atoms with E-state index in [1.165, 1.54) is 29.8 Å². The van der Waals surface area contributed by atoms with Crippen LogP contribution in [0, 0.1) is 0 Å². The van der Waals surface area contributed by atoms with Crippen LogP contribution in [0.5, 0.6) is 0 Å². The highest BCUT2D eigenvalue weighted by Gasteiger charge is 2.18. The van der Waals surface area contributed by atoms with Gasteiger partial charge in [-0.1, -0.05) is 18.5 Å². The van der Waals surface area contributed by atoms with Gasteiger partial charge in [0.2, 0.25) is 10.0 Å². The molecule has 0 aliphatic rings. The average Bonchev–Trinajstić information content (AvgIpc) is 2.84. The van der Waals surface area contributed by atoms with Crippen LogP contribution in [0.15, 0.2) is 34.8 Å². The number of thiophene rings is 1. The predicted octanol–water partition coefficient (Wildman–Crippen LogP) is 2.84. The van der Waals surface area contributed by atoms with Crippen molar-refractivity contribution in [1.29, 1.82) is 0 Å². The SMILES string of the molecule is CCc1ccsc1CNS(=O)(=O)c1cnccc1Cl. The van der Waals surface area contributed by atoms with E-state index in [0.29, 0.717) is 0 Å². The lowest BCUT2D eigenvalue weighted by Gasteiger charge is -2.07. The van der Waals surface area contributed by atoms with Crippen molar-refractivity contribution in [3.05, 3.63) is 45.4 Å². The molecule has 19 heavy (non-hydrogen) atoms. The zero-order valence-corrected chi connectivity index (χ0v) is 12.6. The molecule has 0 radical (unpaired) electrons. The topological polar surface area (TPSA) is 59.1 Å². The van der Waals surface area contributed by atoms with E-state index in [9.17, 15) is 8.42 Å². The van der Waals surface area contributed by atoms with Crippen molar-refractivity contribution in [1.82, 2.24) is 9.71 Å². The molecule has 4 nitrogen and oxygen atoms in total. The van der Waals surface area contributed by atoms with Crippen LogP contribution in [0.3, 0.4) is 0 Å². The normalized spacial score (nSPS) is 11.7. The maximum absolute atomic E-state index is 12.1. The number of halogens is 1. The van der Waals surface area contributed by atoms with E-state index in [1.54, 1.807) is 0 Å². The number of rotatable bonds is 5. The molecule has 0 fully saturated rings. The van der Waals surface area contributed by atoms with Gasteiger partial charge in [0, 0.05) is 23.8 Å². The number of nitrogens with one attached hydrogen (secondary N) is 1. The quantitative estimate of drug-likeness (QED) is 0.922. The first-order chi connectivity index (χ1) is 9.04. The lowest BCUT2D eigenvalue weighted by atomic mass is 10.2. The smallest absolute Gasteiger partial charge is 0.243 e. The van der Waals surface area contributed by atoms with E-state index < -0.39 is 10.0 Å². The second-order valence-corrected chi connectivity index (χ2v) is 7.00. The minimum Gasteiger partial charge on any atom is -0.263 e. The number of hydrogen-bond donors (Lipinski definition) is 1. The van der Waals surface area contributed by atoms with Gasteiger partial charge in [0.05, 0.1) is 5.02 Å². The fraction of sp³-hybridized carbons (Fsp3) is 0.250. The van der Waals surface area contributed by atoms with Gasteiger partial charge in [-0.2, -0.15) is 0 Å². The van der Waals surface area contributed by atoms with E-state index in [2.05, 4.69) is 9.71 Å². The van der Waals surface area contributed by atoms with E-state index in [4.69, 9.17) is 11.6 Å². The highest BCUT2D eigenvalue weighted by molar-refractivity contribution is 7.89. The van der Waals surface area contributed by atoms with Crippen molar-refractivity contribution in [3.63, 3.8) is 0 Å². The Morgan fingerprint density at radius 2 is 2.21 bits per heavy atom. The summed E-state index contributed by atoms with van der Waals surface area (Å²) in [5, 5.41) is 2.13. The highest BCUT2D eigenvalue weighted by Crippen LogP contribution is 2.21. The van der Waals surface area contributed by atoms with Gasteiger partial charge in [-0.3, -0.25) is 4.98 Å². The molecule has 2 heterocycles. The average molecular weight is 317 g/mol.